The van der Waals surface area contributed by atoms with Crippen molar-refractivity contribution in [2.24, 2.45) is 10.8 Å². The number of hydrogen-bond donors (Lipinski definition) is 2. The van der Waals surface area contributed by atoms with Crippen LogP contribution in [0.4, 0.5) is 0 Å². The third kappa shape index (κ3) is 4.29. The Morgan fingerprint density at radius 1 is 1.67 bits per heavy atom. The molecular weight excluding hydrogens is 248 g/mol. The van der Waals surface area contributed by atoms with Crippen LogP contribution in [0.25, 0.3) is 0 Å². The summed E-state index contributed by atoms with van der Waals surface area (Å²) in [5.74, 6) is 6.23. The normalized spacial score (nSPS) is 13.4. The van der Waals surface area contributed by atoms with Crippen molar-refractivity contribution in [3.05, 3.63) is 22.4 Å². The Morgan fingerprint density at radius 3 is 3.00 bits per heavy atom. The van der Waals surface area contributed by atoms with Crippen LogP contribution in [0.3, 0.4) is 0 Å². The van der Waals surface area contributed by atoms with Gasteiger partial charge in [-0.15, -0.1) is 11.3 Å². The molecule has 1 atom stereocenters. The van der Waals surface area contributed by atoms with Gasteiger partial charge in [0, 0.05) is 32.2 Å². The van der Waals surface area contributed by atoms with Gasteiger partial charge < -0.3 is 9.64 Å². The number of nitrogens with zero attached hydrogens (tertiary/aromatic N) is 2. The van der Waals surface area contributed by atoms with Crippen molar-refractivity contribution >= 4 is 17.3 Å². The zero-order chi connectivity index (χ0) is 13.4. The molecule has 0 aromatic carbocycles. The van der Waals surface area contributed by atoms with Gasteiger partial charge in [0.25, 0.3) is 0 Å². The number of methoxy groups -OCH3 is 1. The minimum absolute atomic E-state index is 0.252. The summed E-state index contributed by atoms with van der Waals surface area (Å²) in [5, 5.41) is 2.07. The van der Waals surface area contributed by atoms with Crippen LogP contribution in [0.2, 0.25) is 0 Å². The van der Waals surface area contributed by atoms with E-state index in [4.69, 9.17) is 10.6 Å². The topological polar surface area (TPSA) is 62.9 Å². The van der Waals surface area contributed by atoms with E-state index in [1.54, 1.807) is 18.4 Å². The number of ether oxygens (including phenoxy) is 1. The highest BCUT2D eigenvalue weighted by Gasteiger charge is 2.15. The Kier molecular flexibility index (Phi) is 6.70. The van der Waals surface area contributed by atoms with Crippen LogP contribution in [0.15, 0.2) is 22.5 Å². The van der Waals surface area contributed by atoms with Crippen molar-refractivity contribution in [1.82, 2.24) is 10.3 Å². The molecule has 1 rings (SSSR count). The van der Waals surface area contributed by atoms with E-state index < -0.39 is 0 Å². The summed E-state index contributed by atoms with van der Waals surface area (Å²) >= 11 is 1.73. The van der Waals surface area contributed by atoms with E-state index in [0.717, 1.165) is 6.42 Å². The van der Waals surface area contributed by atoms with Crippen molar-refractivity contribution in [2.75, 3.05) is 27.3 Å². The third-order valence-electron chi connectivity index (χ3n) is 2.77. The molecule has 0 aliphatic heterocycles. The fourth-order valence-electron chi connectivity index (χ4n) is 1.56. The average Bonchev–Trinajstić information content (AvgIpc) is 2.91. The lowest BCUT2D eigenvalue weighted by molar-refractivity contribution is 0.197. The number of rotatable bonds is 6. The molecule has 3 N–H and O–H groups in total. The maximum Gasteiger partial charge on any atom is 0.208 e. The van der Waals surface area contributed by atoms with Crippen LogP contribution in [-0.4, -0.2) is 38.2 Å². The SMILES string of the molecule is COCCCN=C(NN)N(C)C(C)c1cccs1. The van der Waals surface area contributed by atoms with Crippen LogP contribution in [0.1, 0.15) is 24.3 Å². The molecular formula is C12H22N4OS. The molecule has 0 radical (unpaired) electrons. The van der Waals surface area contributed by atoms with Crippen LogP contribution in [0, 0.1) is 0 Å². The van der Waals surface area contributed by atoms with E-state index in [2.05, 4.69) is 34.9 Å². The zero-order valence-electron chi connectivity index (χ0n) is 11.2. The second-order valence-electron chi connectivity index (χ2n) is 4.00. The van der Waals surface area contributed by atoms with Gasteiger partial charge in [-0.05, 0) is 24.8 Å². The molecule has 6 heteroatoms. The molecule has 0 spiro atoms. The first-order valence-corrected chi connectivity index (χ1v) is 6.85. The van der Waals surface area contributed by atoms with Gasteiger partial charge in [-0.25, -0.2) is 5.84 Å². The predicted octanol–water partition coefficient (Wildman–Crippen LogP) is 1.60. The molecule has 1 unspecified atom stereocenters. The highest BCUT2D eigenvalue weighted by atomic mass is 32.1. The van der Waals surface area contributed by atoms with Crippen LogP contribution in [-0.2, 0) is 4.74 Å². The van der Waals surface area contributed by atoms with Gasteiger partial charge in [-0.3, -0.25) is 10.4 Å². The highest BCUT2D eigenvalue weighted by Crippen LogP contribution is 2.23. The molecule has 0 bridgehead atoms. The van der Waals surface area contributed by atoms with Crippen LogP contribution in [0.5, 0.6) is 0 Å². The van der Waals surface area contributed by atoms with Crippen molar-refractivity contribution < 1.29 is 4.74 Å². The summed E-state index contributed by atoms with van der Waals surface area (Å²) in [5.41, 5.74) is 2.66. The summed E-state index contributed by atoms with van der Waals surface area (Å²) in [6.07, 6.45) is 0.892. The summed E-state index contributed by atoms with van der Waals surface area (Å²) < 4.78 is 4.99. The minimum Gasteiger partial charge on any atom is -0.385 e. The highest BCUT2D eigenvalue weighted by molar-refractivity contribution is 7.10. The summed E-state index contributed by atoms with van der Waals surface area (Å²) in [4.78, 5) is 7.77. The standard InChI is InChI=1S/C12H22N4OS/c1-10(11-6-4-9-18-11)16(2)12(15-13)14-7-5-8-17-3/h4,6,9-10H,5,7-8,13H2,1-3H3,(H,14,15). The largest absolute Gasteiger partial charge is 0.385 e. The predicted molar refractivity (Wildman–Crippen MR) is 76.6 cm³/mol. The van der Waals surface area contributed by atoms with E-state index >= 15 is 0 Å². The first kappa shape index (κ1) is 14.9. The fourth-order valence-corrected chi connectivity index (χ4v) is 2.38. The van der Waals surface area contributed by atoms with E-state index in [-0.39, 0.29) is 6.04 Å². The number of hydrazine groups is 1. The second kappa shape index (κ2) is 8.07. The quantitative estimate of drug-likeness (QED) is 0.271. The van der Waals surface area contributed by atoms with Gasteiger partial charge in [0.1, 0.15) is 0 Å². The average molecular weight is 270 g/mol. The Balaban J connectivity index is 2.58. The van der Waals surface area contributed by atoms with Gasteiger partial charge in [0.15, 0.2) is 0 Å². The smallest absolute Gasteiger partial charge is 0.208 e. The number of thiophene rings is 1. The maximum absolute atomic E-state index is 5.53. The number of aliphatic imine (C=N–C) groups is 1. The van der Waals surface area contributed by atoms with Crippen LogP contribution < -0.4 is 11.3 Å². The van der Waals surface area contributed by atoms with Gasteiger partial charge in [-0.2, -0.15) is 0 Å². The Hall–Kier alpha value is -1.11. The number of hydrogen-bond acceptors (Lipinski definition) is 4. The molecule has 0 amide bonds. The van der Waals surface area contributed by atoms with Crippen molar-refractivity contribution in [2.45, 2.75) is 19.4 Å². The molecule has 0 saturated heterocycles. The lowest BCUT2D eigenvalue weighted by atomic mass is 10.2. The molecule has 18 heavy (non-hydrogen) atoms. The Bertz CT molecular complexity index is 353. The lowest BCUT2D eigenvalue weighted by Gasteiger charge is -2.26. The van der Waals surface area contributed by atoms with Gasteiger partial charge in [0.2, 0.25) is 5.96 Å². The second-order valence-corrected chi connectivity index (χ2v) is 4.98. The van der Waals surface area contributed by atoms with Crippen molar-refractivity contribution in [3.63, 3.8) is 0 Å². The Labute approximate surface area is 113 Å². The zero-order valence-corrected chi connectivity index (χ0v) is 12.0. The van der Waals surface area contributed by atoms with Crippen molar-refractivity contribution in [1.29, 1.82) is 0 Å². The molecule has 1 aromatic rings. The summed E-state index contributed by atoms with van der Waals surface area (Å²) in [6, 6.07) is 4.42. The van der Waals surface area contributed by atoms with E-state index in [0.29, 0.717) is 19.1 Å². The molecule has 0 fully saturated rings. The number of nitrogens with two attached hydrogens (primary N) is 1. The molecule has 5 nitrogen and oxygen atoms in total. The van der Waals surface area contributed by atoms with Gasteiger partial charge in [0.05, 0.1) is 6.04 Å². The van der Waals surface area contributed by atoms with Gasteiger partial charge in [-0.1, -0.05) is 6.07 Å². The molecule has 0 aliphatic rings. The van der Waals surface area contributed by atoms with Crippen LogP contribution >= 0.6 is 11.3 Å². The third-order valence-corrected chi connectivity index (χ3v) is 3.81. The lowest BCUT2D eigenvalue weighted by Crippen LogP contribution is -2.43. The molecule has 0 saturated carbocycles. The fraction of sp³-hybridized carbons (Fsp3) is 0.583. The summed E-state index contributed by atoms with van der Waals surface area (Å²) in [7, 11) is 3.68. The monoisotopic (exact) mass is 270 g/mol. The molecule has 0 aliphatic carbocycles. The first-order chi connectivity index (χ1) is 8.70. The molecule has 102 valence electrons. The number of guanidine groups is 1. The maximum atomic E-state index is 5.53. The van der Waals surface area contributed by atoms with Crippen molar-refractivity contribution in [3.8, 4) is 0 Å². The minimum atomic E-state index is 0.252. The van der Waals surface area contributed by atoms with Gasteiger partial charge >= 0.3 is 0 Å². The molecule has 1 aromatic heterocycles. The number of nitrogens with one attached hydrogen (secondary N) is 1. The first-order valence-electron chi connectivity index (χ1n) is 5.97. The summed E-state index contributed by atoms with van der Waals surface area (Å²) in [6.45, 7) is 3.55. The molecule has 1 heterocycles. The Morgan fingerprint density at radius 2 is 2.44 bits per heavy atom. The van der Waals surface area contributed by atoms with E-state index in [1.807, 2.05) is 11.9 Å². The van der Waals surface area contributed by atoms with E-state index in [9.17, 15) is 0 Å². The van der Waals surface area contributed by atoms with E-state index in [1.165, 1.54) is 4.88 Å².